The van der Waals surface area contributed by atoms with Gasteiger partial charge in [0.15, 0.2) is 6.20 Å². The quantitative estimate of drug-likeness (QED) is 0.523. The molecule has 0 fully saturated rings. The molecule has 5 nitrogen and oxygen atoms in total. The molecule has 15 heavy (non-hydrogen) atoms. The van der Waals surface area contributed by atoms with E-state index in [1.807, 2.05) is 0 Å². The van der Waals surface area contributed by atoms with Gasteiger partial charge in [0.25, 0.3) is 6.43 Å². The molecule has 0 aliphatic rings. The van der Waals surface area contributed by atoms with Gasteiger partial charge >= 0.3 is 5.82 Å². The largest absolute Gasteiger partial charge is 0.392 e. The van der Waals surface area contributed by atoms with Gasteiger partial charge in [-0.3, -0.25) is 0 Å². The summed E-state index contributed by atoms with van der Waals surface area (Å²) in [5.74, 6) is -0.908. The lowest BCUT2D eigenvalue weighted by Crippen LogP contribution is -2.05. The maximum absolute atomic E-state index is 12.6. The molecule has 8 heteroatoms. The number of nitrogens with zero attached hydrogens (tertiary/aromatic N) is 2. The summed E-state index contributed by atoms with van der Waals surface area (Å²) < 4.78 is 25.4. The molecular formula is C7H5F2IN2O3. The fourth-order valence-corrected chi connectivity index (χ4v) is 1.66. The van der Waals surface area contributed by atoms with E-state index in [4.69, 9.17) is 5.11 Å². The third-order valence-electron chi connectivity index (χ3n) is 1.70. The van der Waals surface area contributed by atoms with Crippen molar-refractivity contribution >= 4 is 28.4 Å². The van der Waals surface area contributed by atoms with Crippen LogP contribution in [0.4, 0.5) is 14.6 Å². The Hall–Kier alpha value is -0.900. The topological polar surface area (TPSA) is 76.3 Å². The molecule has 0 amide bonds. The Morgan fingerprint density at radius 3 is 2.67 bits per heavy atom. The Bertz CT molecular complexity index is 400. The van der Waals surface area contributed by atoms with Crippen LogP contribution in [0.2, 0.25) is 0 Å². The highest BCUT2D eigenvalue weighted by atomic mass is 127. The lowest BCUT2D eigenvalue weighted by atomic mass is 10.1. The molecule has 0 aliphatic heterocycles. The Labute approximate surface area is 96.4 Å². The number of alkyl halides is 2. The average molecular weight is 330 g/mol. The minimum atomic E-state index is -3.03. The van der Waals surface area contributed by atoms with Crippen LogP contribution in [-0.2, 0) is 6.61 Å². The van der Waals surface area contributed by atoms with Crippen LogP contribution in [0.25, 0.3) is 0 Å². The van der Waals surface area contributed by atoms with E-state index in [0.717, 1.165) is 6.20 Å². The first kappa shape index (κ1) is 12.2. The normalized spacial score (nSPS) is 10.7. The number of pyridine rings is 1. The van der Waals surface area contributed by atoms with Crippen LogP contribution in [0, 0.1) is 13.7 Å². The lowest BCUT2D eigenvalue weighted by Gasteiger charge is -2.07. The molecule has 0 saturated heterocycles. The molecule has 0 saturated carbocycles. The third-order valence-corrected chi connectivity index (χ3v) is 2.63. The van der Waals surface area contributed by atoms with Crippen LogP contribution in [0.1, 0.15) is 17.6 Å². The average Bonchev–Trinajstić information content (AvgIpc) is 2.16. The van der Waals surface area contributed by atoms with Crippen molar-refractivity contribution in [1.29, 1.82) is 0 Å². The van der Waals surface area contributed by atoms with Crippen molar-refractivity contribution in [2.45, 2.75) is 13.0 Å². The predicted molar refractivity (Wildman–Crippen MR) is 54.5 cm³/mol. The van der Waals surface area contributed by atoms with Gasteiger partial charge < -0.3 is 15.2 Å². The first-order valence-electron chi connectivity index (χ1n) is 3.69. The van der Waals surface area contributed by atoms with Crippen molar-refractivity contribution in [3.05, 3.63) is 31.0 Å². The van der Waals surface area contributed by atoms with Crippen molar-refractivity contribution < 1.29 is 18.8 Å². The molecule has 1 aromatic rings. The minimum absolute atomic E-state index is 0.146. The lowest BCUT2D eigenvalue weighted by molar-refractivity contribution is -0.391. The standard InChI is InChI=1S/C7H5F2IN2O3/c8-6(9)5-3(2-13)4(10)1-11-7(5)12(14)15/h1,6,13H,2H2. The van der Waals surface area contributed by atoms with E-state index in [-0.39, 0.29) is 9.13 Å². The van der Waals surface area contributed by atoms with Gasteiger partial charge in [-0.2, -0.15) is 0 Å². The Kier molecular flexibility index (Phi) is 3.85. The smallest absolute Gasteiger partial charge is 0.372 e. The molecule has 1 rings (SSSR count). The summed E-state index contributed by atoms with van der Waals surface area (Å²) in [6, 6.07) is 0. The maximum atomic E-state index is 12.6. The summed E-state index contributed by atoms with van der Waals surface area (Å²) in [6.45, 7) is -0.679. The van der Waals surface area contributed by atoms with Gasteiger partial charge in [0, 0.05) is 5.56 Å². The number of halogens is 3. The van der Waals surface area contributed by atoms with E-state index >= 15 is 0 Å². The van der Waals surface area contributed by atoms with Gasteiger partial charge in [-0.1, -0.05) is 0 Å². The van der Waals surface area contributed by atoms with Crippen molar-refractivity contribution in [1.82, 2.24) is 4.98 Å². The monoisotopic (exact) mass is 330 g/mol. The van der Waals surface area contributed by atoms with Crippen LogP contribution < -0.4 is 0 Å². The highest BCUT2D eigenvalue weighted by molar-refractivity contribution is 14.1. The number of hydrogen-bond acceptors (Lipinski definition) is 4. The van der Waals surface area contributed by atoms with Gasteiger partial charge in [-0.25, -0.2) is 8.78 Å². The maximum Gasteiger partial charge on any atom is 0.372 e. The fraction of sp³-hybridized carbons (Fsp3) is 0.286. The third kappa shape index (κ3) is 2.37. The van der Waals surface area contributed by atoms with E-state index in [2.05, 4.69) is 4.98 Å². The van der Waals surface area contributed by atoms with Crippen LogP contribution in [0.5, 0.6) is 0 Å². The fourth-order valence-electron chi connectivity index (χ4n) is 1.06. The van der Waals surface area contributed by atoms with E-state index in [1.165, 1.54) is 0 Å². The van der Waals surface area contributed by atoms with Gasteiger partial charge in [0.1, 0.15) is 5.56 Å². The van der Waals surface area contributed by atoms with Crippen molar-refractivity contribution in [3.8, 4) is 0 Å². The second kappa shape index (κ2) is 4.75. The summed E-state index contributed by atoms with van der Waals surface area (Å²) in [7, 11) is 0. The van der Waals surface area contributed by atoms with E-state index < -0.39 is 29.3 Å². The highest BCUT2D eigenvalue weighted by Gasteiger charge is 2.28. The van der Waals surface area contributed by atoms with Gasteiger partial charge in [0.2, 0.25) is 0 Å². The first-order chi connectivity index (χ1) is 6.99. The molecule has 0 bridgehead atoms. The Morgan fingerprint density at radius 2 is 2.27 bits per heavy atom. The van der Waals surface area contributed by atoms with Crippen molar-refractivity contribution in [2.24, 2.45) is 0 Å². The zero-order valence-electron chi connectivity index (χ0n) is 7.15. The Morgan fingerprint density at radius 1 is 1.67 bits per heavy atom. The molecule has 1 N–H and O–H groups in total. The van der Waals surface area contributed by atoms with Gasteiger partial charge in [0.05, 0.1) is 10.2 Å². The second-order valence-corrected chi connectivity index (χ2v) is 3.70. The first-order valence-corrected chi connectivity index (χ1v) is 4.77. The van der Waals surface area contributed by atoms with Crippen LogP contribution in [0.3, 0.4) is 0 Å². The van der Waals surface area contributed by atoms with Crippen LogP contribution in [0.15, 0.2) is 6.20 Å². The van der Waals surface area contributed by atoms with Gasteiger partial charge in [-0.15, -0.1) is 0 Å². The summed E-state index contributed by atoms with van der Waals surface area (Å²) in [5, 5.41) is 19.3. The summed E-state index contributed by atoms with van der Waals surface area (Å²) >= 11 is 1.68. The molecule has 1 aromatic heterocycles. The number of aliphatic hydroxyl groups excluding tert-OH is 1. The molecule has 82 valence electrons. The molecule has 1 heterocycles. The van der Waals surface area contributed by atoms with Crippen molar-refractivity contribution in [3.63, 3.8) is 0 Å². The molecule has 0 aromatic carbocycles. The molecule has 0 atom stereocenters. The van der Waals surface area contributed by atoms with Crippen LogP contribution in [-0.4, -0.2) is 15.0 Å². The summed E-state index contributed by atoms with van der Waals surface area (Å²) in [5.41, 5.74) is -0.957. The highest BCUT2D eigenvalue weighted by Crippen LogP contribution is 2.32. The summed E-state index contributed by atoms with van der Waals surface area (Å²) in [4.78, 5) is 12.8. The van der Waals surface area contributed by atoms with Crippen molar-refractivity contribution in [2.75, 3.05) is 0 Å². The minimum Gasteiger partial charge on any atom is -0.392 e. The SMILES string of the molecule is O=[N+]([O-])c1ncc(I)c(CO)c1C(F)F. The number of rotatable bonds is 3. The van der Waals surface area contributed by atoms with E-state index in [0.29, 0.717) is 0 Å². The van der Waals surface area contributed by atoms with Crippen LogP contribution >= 0.6 is 22.6 Å². The Balaban J connectivity index is 3.49. The predicted octanol–water partition coefficient (Wildman–Crippen LogP) is 2.02. The molecule has 0 spiro atoms. The van der Waals surface area contributed by atoms with Gasteiger partial charge in [-0.05, 0) is 32.5 Å². The second-order valence-electron chi connectivity index (χ2n) is 2.54. The zero-order chi connectivity index (χ0) is 11.6. The number of hydrogen-bond donors (Lipinski definition) is 1. The number of aromatic nitrogens is 1. The molecule has 0 aliphatic carbocycles. The summed E-state index contributed by atoms with van der Waals surface area (Å²) in [6.07, 6.45) is -1.95. The zero-order valence-corrected chi connectivity index (χ0v) is 9.31. The molecular weight excluding hydrogens is 325 g/mol. The van der Waals surface area contributed by atoms with E-state index in [9.17, 15) is 18.9 Å². The molecule has 0 unspecified atom stereocenters. The molecule has 0 radical (unpaired) electrons. The number of aliphatic hydroxyl groups is 1. The number of nitro groups is 1. The van der Waals surface area contributed by atoms with E-state index in [1.54, 1.807) is 22.6 Å².